The Morgan fingerprint density at radius 1 is 0.815 bits per heavy atom. The fraction of sp³-hybridized carbons (Fsp3) is 0.889. The van der Waals surface area contributed by atoms with Gasteiger partial charge in [-0.15, -0.1) is 0 Å². The molecule has 0 aromatic carbocycles. The molecule has 9 heteroatoms. The molecule has 0 heterocycles. The largest absolute Gasteiger partial charge is 0.481 e. The molecule has 1 fully saturated rings. The minimum absolute atomic E-state index is 0.00967. The minimum atomic E-state index is -0.876. The molecule has 1 rings (SSSR count). The van der Waals surface area contributed by atoms with Gasteiger partial charge in [0.25, 0.3) is 0 Å². The van der Waals surface area contributed by atoms with E-state index in [1.165, 1.54) is 19.3 Å². The van der Waals surface area contributed by atoms with E-state index >= 15 is 0 Å². The van der Waals surface area contributed by atoms with E-state index in [9.17, 15) is 14.7 Å². The van der Waals surface area contributed by atoms with Gasteiger partial charge in [0.1, 0.15) is 0 Å². The lowest BCUT2D eigenvalue weighted by Crippen LogP contribution is -2.46. The lowest BCUT2D eigenvalue weighted by atomic mass is 9.91. The van der Waals surface area contributed by atoms with Crippen molar-refractivity contribution in [3.63, 3.8) is 0 Å². The highest BCUT2D eigenvalue weighted by molar-refractivity contribution is 5.67. The molecule has 158 valence electrons. The lowest BCUT2D eigenvalue weighted by molar-refractivity contribution is -0.139. The van der Waals surface area contributed by atoms with Crippen molar-refractivity contribution in [1.82, 2.24) is 9.80 Å². The third-order valence-corrected chi connectivity index (χ3v) is 4.71. The monoisotopic (exact) mass is 390 g/mol. The molecule has 1 aliphatic carbocycles. The van der Waals surface area contributed by atoms with E-state index in [1.807, 2.05) is 0 Å². The van der Waals surface area contributed by atoms with Crippen LogP contribution in [0.15, 0.2) is 0 Å². The van der Waals surface area contributed by atoms with Crippen molar-refractivity contribution in [3.8, 4) is 0 Å². The predicted octanol–water partition coefficient (Wildman–Crippen LogP) is 0.118. The molecule has 0 amide bonds. The first-order valence-electron chi connectivity index (χ1n) is 9.69. The molecular weight excluding hydrogens is 356 g/mol. The summed E-state index contributed by atoms with van der Waals surface area (Å²) in [6.07, 6.45) is 3.58. The van der Waals surface area contributed by atoms with Crippen molar-refractivity contribution in [1.29, 1.82) is 0 Å². The zero-order valence-corrected chi connectivity index (χ0v) is 16.1. The summed E-state index contributed by atoms with van der Waals surface area (Å²) in [5.41, 5.74) is 0. The summed E-state index contributed by atoms with van der Waals surface area (Å²) in [4.78, 5) is 25.5. The van der Waals surface area contributed by atoms with Crippen molar-refractivity contribution < 1.29 is 34.4 Å². The van der Waals surface area contributed by atoms with Gasteiger partial charge in [0.15, 0.2) is 0 Å². The van der Waals surface area contributed by atoms with Crippen molar-refractivity contribution >= 4 is 11.9 Å². The van der Waals surface area contributed by atoms with E-state index in [-0.39, 0.29) is 32.7 Å². The minimum Gasteiger partial charge on any atom is -0.481 e. The molecule has 9 nitrogen and oxygen atoms in total. The number of nitrogens with zero attached hydrogens (tertiary/aromatic N) is 2. The number of aliphatic hydroxyl groups is 1. The molecule has 3 N–H and O–H groups in total. The van der Waals surface area contributed by atoms with Crippen LogP contribution >= 0.6 is 0 Å². The van der Waals surface area contributed by atoms with Crippen LogP contribution in [0.25, 0.3) is 0 Å². The maximum atomic E-state index is 10.5. The predicted molar refractivity (Wildman–Crippen MR) is 98.9 cm³/mol. The van der Waals surface area contributed by atoms with Crippen LogP contribution in [-0.4, -0.2) is 109 Å². The Hall–Kier alpha value is -1.26. The van der Waals surface area contributed by atoms with Gasteiger partial charge in [0.05, 0.1) is 45.9 Å². The molecule has 0 bridgehead atoms. The van der Waals surface area contributed by atoms with Crippen molar-refractivity contribution in [3.05, 3.63) is 0 Å². The van der Waals surface area contributed by atoms with Crippen LogP contribution in [0.4, 0.5) is 0 Å². The average molecular weight is 390 g/mol. The molecule has 0 unspecified atom stereocenters. The van der Waals surface area contributed by atoms with Gasteiger partial charge in [-0.05, 0) is 12.8 Å². The van der Waals surface area contributed by atoms with Crippen molar-refractivity contribution in [2.45, 2.75) is 38.1 Å². The van der Waals surface area contributed by atoms with Gasteiger partial charge in [0.2, 0.25) is 0 Å². The standard InChI is InChI=1S/C18H34N2O7/c21-11-8-20(16-2-1-3-16)7-6-19(9-14-26-12-4-17(22)23)10-15-27-13-5-18(24)25/h16,21H,1-15H2,(H,22,23)(H,24,25). The summed E-state index contributed by atoms with van der Waals surface area (Å²) in [5, 5.41) is 26.5. The molecule has 27 heavy (non-hydrogen) atoms. The normalized spacial score (nSPS) is 14.6. The summed E-state index contributed by atoms with van der Waals surface area (Å²) in [6, 6.07) is 0.553. The Bertz CT molecular complexity index is 395. The summed E-state index contributed by atoms with van der Waals surface area (Å²) < 4.78 is 10.7. The third-order valence-electron chi connectivity index (χ3n) is 4.71. The number of aliphatic hydroxyl groups excluding tert-OH is 1. The average Bonchev–Trinajstić information content (AvgIpc) is 2.56. The third kappa shape index (κ3) is 11.9. The number of hydrogen-bond acceptors (Lipinski definition) is 7. The van der Waals surface area contributed by atoms with Crippen LogP contribution in [-0.2, 0) is 19.1 Å². The molecular formula is C18H34N2O7. The molecule has 0 atom stereocenters. The SMILES string of the molecule is O=C(O)CCOCCN(CCOCCC(=O)O)CCN(CCO)C1CCC1. The highest BCUT2D eigenvalue weighted by Gasteiger charge is 2.24. The Labute approximate surface area is 160 Å². The van der Waals surface area contributed by atoms with E-state index < -0.39 is 11.9 Å². The number of ether oxygens (including phenoxy) is 2. The van der Waals surface area contributed by atoms with Gasteiger partial charge in [-0.1, -0.05) is 6.42 Å². The second kappa shape index (κ2) is 14.8. The maximum absolute atomic E-state index is 10.5. The van der Waals surface area contributed by atoms with Gasteiger partial charge >= 0.3 is 11.9 Å². The van der Waals surface area contributed by atoms with Crippen molar-refractivity contribution in [2.75, 3.05) is 65.8 Å². The summed E-state index contributed by atoms with van der Waals surface area (Å²) in [6.45, 7) is 5.01. The van der Waals surface area contributed by atoms with Crippen LogP contribution in [0.2, 0.25) is 0 Å². The Balaban J connectivity index is 2.32. The van der Waals surface area contributed by atoms with Crippen LogP contribution in [0, 0.1) is 0 Å². The zero-order valence-electron chi connectivity index (χ0n) is 16.1. The first-order chi connectivity index (χ1) is 13.0. The maximum Gasteiger partial charge on any atom is 0.305 e. The number of carboxylic acids is 2. The summed E-state index contributed by atoms with van der Waals surface area (Å²) in [7, 11) is 0. The first-order valence-corrected chi connectivity index (χ1v) is 9.69. The molecule has 1 saturated carbocycles. The summed E-state index contributed by atoms with van der Waals surface area (Å²) in [5.74, 6) is -1.75. The Morgan fingerprint density at radius 2 is 1.37 bits per heavy atom. The van der Waals surface area contributed by atoms with E-state index in [2.05, 4.69) is 9.80 Å². The number of aliphatic carboxylic acids is 2. The van der Waals surface area contributed by atoms with Gasteiger partial charge < -0.3 is 24.8 Å². The molecule has 0 aromatic heterocycles. The molecule has 1 aliphatic rings. The number of carbonyl (C=O) groups is 2. The number of carboxylic acid groups (broad SMARTS) is 2. The van der Waals surface area contributed by atoms with Crippen LogP contribution in [0.1, 0.15) is 32.1 Å². The number of rotatable bonds is 18. The summed E-state index contributed by atoms with van der Waals surface area (Å²) >= 11 is 0. The Kier molecular flexibility index (Phi) is 13.0. The van der Waals surface area contributed by atoms with Gasteiger partial charge in [-0.25, -0.2) is 0 Å². The topological polar surface area (TPSA) is 120 Å². The second-order valence-corrected chi connectivity index (χ2v) is 6.70. The smallest absolute Gasteiger partial charge is 0.305 e. The van der Waals surface area contributed by atoms with Crippen LogP contribution in [0.5, 0.6) is 0 Å². The van der Waals surface area contributed by atoms with E-state index in [1.54, 1.807) is 0 Å². The van der Waals surface area contributed by atoms with Crippen LogP contribution in [0.3, 0.4) is 0 Å². The highest BCUT2D eigenvalue weighted by Crippen LogP contribution is 2.24. The number of hydrogen-bond donors (Lipinski definition) is 3. The van der Waals surface area contributed by atoms with Crippen LogP contribution < -0.4 is 0 Å². The Morgan fingerprint density at radius 3 is 1.78 bits per heavy atom. The van der Waals surface area contributed by atoms with Gasteiger partial charge in [-0.3, -0.25) is 19.4 Å². The quantitative estimate of drug-likeness (QED) is 0.280. The lowest BCUT2D eigenvalue weighted by Gasteiger charge is -2.38. The highest BCUT2D eigenvalue weighted by atomic mass is 16.5. The van der Waals surface area contributed by atoms with E-state index in [0.717, 1.165) is 13.1 Å². The molecule has 0 spiro atoms. The molecule has 0 radical (unpaired) electrons. The van der Waals surface area contributed by atoms with E-state index in [0.29, 0.717) is 38.9 Å². The fourth-order valence-corrected chi connectivity index (χ4v) is 2.87. The first kappa shape index (κ1) is 23.8. The molecule has 0 aliphatic heterocycles. The molecule has 0 aromatic rings. The zero-order chi connectivity index (χ0) is 19.9. The van der Waals surface area contributed by atoms with E-state index in [4.69, 9.17) is 19.7 Å². The van der Waals surface area contributed by atoms with Gasteiger partial charge in [-0.2, -0.15) is 0 Å². The second-order valence-electron chi connectivity index (χ2n) is 6.70. The van der Waals surface area contributed by atoms with Crippen molar-refractivity contribution in [2.24, 2.45) is 0 Å². The van der Waals surface area contributed by atoms with Gasteiger partial charge in [0, 0.05) is 38.8 Å². The fourth-order valence-electron chi connectivity index (χ4n) is 2.87. The molecule has 0 saturated heterocycles.